The highest BCUT2D eigenvalue weighted by Gasteiger charge is 2.46. The number of benzene rings is 2. The van der Waals surface area contributed by atoms with Crippen LogP contribution in [0.1, 0.15) is 43.9 Å². The first kappa shape index (κ1) is 23.2. The summed E-state index contributed by atoms with van der Waals surface area (Å²) >= 11 is 0. The summed E-state index contributed by atoms with van der Waals surface area (Å²) in [5.41, 5.74) is 1.03. The minimum absolute atomic E-state index is 0.0295. The summed E-state index contributed by atoms with van der Waals surface area (Å²) in [5.74, 6) is -0.0880. The van der Waals surface area contributed by atoms with E-state index in [-0.39, 0.29) is 16.9 Å². The Morgan fingerprint density at radius 1 is 1.00 bits per heavy atom. The number of aliphatic hydroxyl groups is 1. The summed E-state index contributed by atoms with van der Waals surface area (Å²) in [6.45, 7) is 4.85. The van der Waals surface area contributed by atoms with E-state index in [9.17, 15) is 14.7 Å². The van der Waals surface area contributed by atoms with Gasteiger partial charge in [0.15, 0.2) is 0 Å². The van der Waals surface area contributed by atoms with Crippen molar-refractivity contribution >= 4 is 17.4 Å². The highest BCUT2D eigenvalue weighted by molar-refractivity contribution is 6.46. The van der Waals surface area contributed by atoms with Gasteiger partial charge >= 0.3 is 0 Å². The van der Waals surface area contributed by atoms with Crippen LogP contribution in [-0.4, -0.2) is 49.1 Å². The monoisotopic (exact) mass is 439 g/mol. The summed E-state index contributed by atoms with van der Waals surface area (Å²) in [4.78, 5) is 27.6. The highest BCUT2D eigenvalue weighted by Crippen LogP contribution is 2.42. The van der Waals surface area contributed by atoms with E-state index in [1.807, 2.05) is 26.0 Å². The van der Waals surface area contributed by atoms with Gasteiger partial charge in [0.05, 0.1) is 38.0 Å². The molecule has 0 bridgehead atoms. The van der Waals surface area contributed by atoms with Gasteiger partial charge in [-0.05, 0) is 49.2 Å². The second kappa shape index (κ2) is 10.2. The smallest absolute Gasteiger partial charge is 0.295 e. The molecule has 1 heterocycles. The Hall–Kier alpha value is -3.48. The van der Waals surface area contributed by atoms with Crippen molar-refractivity contribution in [1.82, 2.24) is 4.90 Å². The predicted octanol–water partition coefficient (Wildman–Crippen LogP) is 4.32. The molecule has 1 saturated heterocycles. The van der Waals surface area contributed by atoms with E-state index in [0.29, 0.717) is 36.0 Å². The van der Waals surface area contributed by atoms with Crippen LogP contribution in [0.4, 0.5) is 0 Å². The molecule has 2 aromatic rings. The molecule has 0 radical (unpaired) electrons. The standard InChI is InChI=1S/C25H29NO6/c1-5-7-14-26-22(16-8-10-17(11-9-16)32-6-2)21(24(28)25(26)29)23(27)19-15-18(30-3)12-13-20(19)31-4/h8-13,15,22,27H,5-7,14H2,1-4H3/b23-21+. The topological polar surface area (TPSA) is 85.3 Å². The molecular formula is C25H29NO6. The lowest BCUT2D eigenvalue weighted by molar-refractivity contribution is -0.139. The van der Waals surface area contributed by atoms with Gasteiger partial charge in [-0.15, -0.1) is 0 Å². The van der Waals surface area contributed by atoms with Crippen molar-refractivity contribution in [1.29, 1.82) is 0 Å². The summed E-state index contributed by atoms with van der Waals surface area (Å²) in [6.07, 6.45) is 1.60. The van der Waals surface area contributed by atoms with E-state index >= 15 is 0 Å². The van der Waals surface area contributed by atoms with Crippen LogP contribution in [0.2, 0.25) is 0 Å². The molecule has 1 amide bonds. The van der Waals surface area contributed by atoms with Gasteiger partial charge < -0.3 is 24.2 Å². The number of methoxy groups -OCH3 is 2. The van der Waals surface area contributed by atoms with Crippen molar-refractivity contribution < 1.29 is 28.9 Å². The maximum atomic E-state index is 13.1. The Kier molecular flexibility index (Phi) is 7.41. The molecule has 3 rings (SSSR count). The van der Waals surface area contributed by atoms with Crippen molar-refractivity contribution in [3.05, 3.63) is 59.2 Å². The Labute approximate surface area is 188 Å². The summed E-state index contributed by atoms with van der Waals surface area (Å²) in [7, 11) is 2.98. The third-order valence-corrected chi connectivity index (χ3v) is 5.46. The third-order valence-electron chi connectivity index (χ3n) is 5.46. The molecule has 0 saturated carbocycles. The molecule has 0 aliphatic carbocycles. The van der Waals surface area contributed by atoms with Gasteiger partial charge in [-0.2, -0.15) is 0 Å². The van der Waals surface area contributed by atoms with Gasteiger partial charge in [0, 0.05) is 6.54 Å². The molecule has 32 heavy (non-hydrogen) atoms. The number of hydrogen-bond acceptors (Lipinski definition) is 6. The van der Waals surface area contributed by atoms with Crippen molar-refractivity contribution in [3.8, 4) is 17.2 Å². The molecular weight excluding hydrogens is 410 g/mol. The number of Topliss-reactive ketones (excluding diaryl/α,β-unsaturated/α-hetero) is 1. The van der Waals surface area contributed by atoms with Crippen LogP contribution in [0.15, 0.2) is 48.0 Å². The number of hydrogen-bond donors (Lipinski definition) is 1. The Bertz CT molecular complexity index is 1010. The molecule has 0 aromatic heterocycles. The predicted molar refractivity (Wildman–Crippen MR) is 121 cm³/mol. The lowest BCUT2D eigenvalue weighted by atomic mass is 9.94. The molecule has 1 atom stereocenters. The molecule has 0 spiro atoms. The van der Waals surface area contributed by atoms with E-state index in [1.165, 1.54) is 19.1 Å². The number of carbonyl (C=O) groups excluding carboxylic acids is 2. The Balaban J connectivity index is 2.18. The molecule has 2 aromatic carbocycles. The Morgan fingerprint density at radius 3 is 2.28 bits per heavy atom. The lowest BCUT2D eigenvalue weighted by Crippen LogP contribution is -2.30. The van der Waals surface area contributed by atoms with Crippen LogP contribution < -0.4 is 14.2 Å². The highest BCUT2D eigenvalue weighted by atomic mass is 16.5. The van der Waals surface area contributed by atoms with Crippen molar-refractivity contribution in [2.24, 2.45) is 0 Å². The zero-order chi connectivity index (χ0) is 23.3. The fourth-order valence-electron chi connectivity index (χ4n) is 3.84. The number of aliphatic hydroxyl groups excluding tert-OH is 1. The van der Waals surface area contributed by atoms with E-state index in [2.05, 4.69) is 0 Å². The second-order valence-corrected chi connectivity index (χ2v) is 7.41. The molecule has 7 nitrogen and oxygen atoms in total. The van der Waals surface area contributed by atoms with E-state index < -0.39 is 17.7 Å². The summed E-state index contributed by atoms with van der Waals surface area (Å²) in [6, 6.07) is 11.4. The molecule has 170 valence electrons. The van der Waals surface area contributed by atoms with Gasteiger partial charge in [0.1, 0.15) is 23.0 Å². The minimum Gasteiger partial charge on any atom is -0.507 e. The SMILES string of the molecule is CCCCN1C(=O)C(=O)/C(=C(/O)c2cc(OC)ccc2OC)C1c1ccc(OCC)cc1. The number of rotatable bonds is 9. The van der Waals surface area contributed by atoms with Crippen LogP contribution in [0, 0.1) is 0 Å². The van der Waals surface area contributed by atoms with E-state index in [0.717, 1.165) is 12.8 Å². The number of ketones is 1. The van der Waals surface area contributed by atoms with Crippen LogP contribution in [0.5, 0.6) is 17.2 Å². The van der Waals surface area contributed by atoms with Crippen LogP contribution in [0.3, 0.4) is 0 Å². The first-order valence-corrected chi connectivity index (χ1v) is 10.7. The number of likely N-dealkylation sites (tertiary alicyclic amines) is 1. The van der Waals surface area contributed by atoms with E-state index in [4.69, 9.17) is 14.2 Å². The van der Waals surface area contributed by atoms with Crippen molar-refractivity contribution in [2.75, 3.05) is 27.4 Å². The van der Waals surface area contributed by atoms with Crippen LogP contribution in [-0.2, 0) is 9.59 Å². The summed E-state index contributed by atoms with van der Waals surface area (Å²) in [5, 5.41) is 11.3. The number of ether oxygens (including phenoxy) is 3. The zero-order valence-corrected chi connectivity index (χ0v) is 18.9. The van der Waals surface area contributed by atoms with E-state index in [1.54, 1.807) is 30.3 Å². The molecule has 1 fully saturated rings. The molecule has 1 unspecified atom stereocenters. The van der Waals surface area contributed by atoms with Gasteiger partial charge in [0.2, 0.25) is 0 Å². The molecule has 1 N–H and O–H groups in total. The average molecular weight is 440 g/mol. The van der Waals surface area contributed by atoms with Crippen molar-refractivity contribution in [3.63, 3.8) is 0 Å². The maximum absolute atomic E-state index is 13.1. The van der Waals surface area contributed by atoms with Crippen LogP contribution >= 0.6 is 0 Å². The third kappa shape index (κ3) is 4.42. The van der Waals surface area contributed by atoms with Crippen LogP contribution in [0.25, 0.3) is 5.76 Å². The maximum Gasteiger partial charge on any atom is 0.295 e. The fourth-order valence-corrected chi connectivity index (χ4v) is 3.84. The minimum atomic E-state index is -0.720. The second-order valence-electron chi connectivity index (χ2n) is 7.41. The van der Waals surface area contributed by atoms with Crippen molar-refractivity contribution in [2.45, 2.75) is 32.7 Å². The fraction of sp³-hybridized carbons (Fsp3) is 0.360. The quantitative estimate of drug-likeness (QED) is 0.356. The zero-order valence-electron chi connectivity index (χ0n) is 18.9. The number of amides is 1. The van der Waals surface area contributed by atoms with Gasteiger partial charge in [-0.1, -0.05) is 25.5 Å². The normalized spacial score (nSPS) is 17.5. The molecule has 1 aliphatic heterocycles. The summed E-state index contributed by atoms with van der Waals surface area (Å²) < 4.78 is 16.2. The first-order chi connectivity index (χ1) is 15.5. The molecule has 1 aliphatic rings. The average Bonchev–Trinajstić information content (AvgIpc) is 3.07. The van der Waals surface area contributed by atoms with Gasteiger partial charge in [-0.3, -0.25) is 9.59 Å². The number of nitrogens with zero attached hydrogens (tertiary/aromatic N) is 1. The number of carbonyl (C=O) groups is 2. The first-order valence-electron chi connectivity index (χ1n) is 10.7. The van der Waals surface area contributed by atoms with Gasteiger partial charge in [-0.25, -0.2) is 0 Å². The lowest BCUT2D eigenvalue weighted by Gasteiger charge is -2.25. The number of unbranched alkanes of at least 4 members (excludes halogenated alkanes) is 1. The largest absolute Gasteiger partial charge is 0.507 e. The Morgan fingerprint density at radius 2 is 1.69 bits per heavy atom. The molecule has 7 heteroatoms. The van der Waals surface area contributed by atoms with Gasteiger partial charge in [0.25, 0.3) is 11.7 Å².